The van der Waals surface area contributed by atoms with Gasteiger partial charge in [0.05, 0.1) is 0 Å². The zero-order valence-corrected chi connectivity index (χ0v) is 16.8. The summed E-state index contributed by atoms with van der Waals surface area (Å²) in [5.41, 5.74) is 7.35. The number of amides is 1. The smallest absolute Gasteiger partial charge is 0.277 e. The molecule has 3 aromatic rings. The van der Waals surface area contributed by atoms with Gasteiger partial charge in [0.2, 0.25) is 11.5 Å². The fourth-order valence-electron chi connectivity index (χ4n) is 2.48. The van der Waals surface area contributed by atoms with Crippen molar-refractivity contribution >= 4 is 34.9 Å². The monoisotopic (exact) mass is 435 g/mol. The van der Waals surface area contributed by atoms with Crippen LogP contribution in [0.4, 0.5) is 5.82 Å². The molecule has 0 aliphatic carbocycles. The van der Waals surface area contributed by atoms with Crippen molar-refractivity contribution in [1.29, 1.82) is 0 Å². The zero-order valence-electron chi connectivity index (χ0n) is 15.3. The predicted molar refractivity (Wildman–Crippen MR) is 110 cm³/mol. The number of aromatic nitrogens is 2. The van der Waals surface area contributed by atoms with E-state index in [1.54, 1.807) is 12.1 Å². The highest BCUT2D eigenvalue weighted by molar-refractivity contribution is 6.35. The van der Waals surface area contributed by atoms with Crippen LogP contribution in [0.15, 0.2) is 47.1 Å². The van der Waals surface area contributed by atoms with Gasteiger partial charge in [-0.2, -0.15) is 0 Å². The lowest BCUT2D eigenvalue weighted by atomic mass is 10.2. The third-order valence-electron chi connectivity index (χ3n) is 3.95. The maximum atomic E-state index is 11.8. The van der Waals surface area contributed by atoms with Gasteiger partial charge in [0.1, 0.15) is 12.4 Å². The van der Waals surface area contributed by atoms with Gasteiger partial charge in [0, 0.05) is 35.2 Å². The normalized spacial score (nSPS) is 10.7. The van der Waals surface area contributed by atoms with E-state index in [1.165, 1.54) is 0 Å². The molecule has 0 unspecified atom stereocenters. The van der Waals surface area contributed by atoms with Crippen LogP contribution in [0, 0.1) is 0 Å². The average Bonchev–Trinajstić information content (AvgIpc) is 3.13. The fourth-order valence-corrected chi connectivity index (χ4v) is 2.94. The molecule has 0 aliphatic heterocycles. The van der Waals surface area contributed by atoms with Crippen LogP contribution in [0.5, 0.6) is 5.75 Å². The first-order valence-corrected chi connectivity index (χ1v) is 9.51. The highest BCUT2D eigenvalue weighted by Crippen LogP contribution is 2.23. The lowest BCUT2D eigenvalue weighted by Gasteiger charge is -2.10. The molecule has 0 spiro atoms. The van der Waals surface area contributed by atoms with Crippen molar-refractivity contribution in [3.05, 3.63) is 69.3 Å². The average molecular weight is 436 g/mol. The minimum absolute atomic E-state index is 0.0179. The third kappa shape index (κ3) is 6.08. The summed E-state index contributed by atoms with van der Waals surface area (Å²) in [6.45, 7) is 1.92. The summed E-state index contributed by atoms with van der Waals surface area (Å²) in [4.78, 5) is 11.8. The summed E-state index contributed by atoms with van der Waals surface area (Å²) >= 11 is 12.1. The topological polar surface area (TPSA) is 115 Å². The van der Waals surface area contributed by atoms with E-state index in [1.807, 2.05) is 30.3 Å². The standard InChI is InChI=1S/C19H19Cl2N5O3/c20-14-5-4-13(16(21)9-14)11-28-15-3-1-2-12(8-15)10-23-6-7-24-19(27)17-18(22)26-29-25-17/h1-5,8-9,23H,6-7,10-11H2,(H2,22,26)(H,24,27). The van der Waals surface area contributed by atoms with Crippen LogP contribution < -0.4 is 21.1 Å². The number of nitrogen functional groups attached to an aromatic ring is 1. The Bertz CT molecular complexity index is 980. The Labute approximate surface area is 177 Å². The summed E-state index contributed by atoms with van der Waals surface area (Å²) < 4.78 is 10.2. The maximum Gasteiger partial charge on any atom is 0.277 e. The number of benzene rings is 2. The first-order chi connectivity index (χ1) is 14.0. The lowest BCUT2D eigenvalue weighted by molar-refractivity contribution is 0.0944. The van der Waals surface area contributed by atoms with Gasteiger partial charge < -0.3 is 21.1 Å². The van der Waals surface area contributed by atoms with E-state index in [2.05, 4.69) is 25.6 Å². The maximum absolute atomic E-state index is 11.8. The molecular weight excluding hydrogens is 417 g/mol. The highest BCUT2D eigenvalue weighted by atomic mass is 35.5. The van der Waals surface area contributed by atoms with E-state index >= 15 is 0 Å². The molecule has 8 nitrogen and oxygen atoms in total. The number of nitrogens with one attached hydrogen (secondary N) is 2. The minimum atomic E-state index is -0.429. The van der Waals surface area contributed by atoms with Crippen LogP contribution in [0.25, 0.3) is 0 Å². The van der Waals surface area contributed by atoms with Gasteiger partial charge in [-0.15, -0.1) is 0 Å². The van der Waals surface area contributed by atoms with Crippen molar-refractivity contribution in [2.24, 2.45) is 0 Å². The number of halogens is 2. The van der Waals surface area contributed by atoms with Crippen LogP contribution >= 0.6 is 23.2 Å². The van der Waals surface area contributed by atoms with Crippen LogP contribution in [0.1, 0.15) is 21.6 Å². The lowest BCUT2D eigenvalue weighted by Crippen LogP contribution is -2.32. The number of hydrogen-bond acceptors (Lipinski definition) is 7. The number of rotatable bonds is 9. The summed E-state index contributed by atoms with van der Waals surface area (Å²) in [5.74, 6) is 0.270. The first kappa shape index (κ1) is 20.9. The molecule has 0 saturated heterocycles. The summed E-state index contributed by atoms with van der Waals surface area (Å²) in [5, 5.41) is 13.9. The van der Waals surface area contributed by atoms with Crippen molar-refractivity contribution in [2.75, 3.05) is 18.8 Å². The Hall–Kier alpha value is -2.81. The Balaban J connectivity index is 1.41. The molecule has 2 aromatic carbocycles. The first-order valence-electron chi connectivity index (χ1n) is 8.75. The number of nitrogens with zero attached hydrogens (tertiary/aromatic N) is 2. The minimum Gasteiger partial charge on any atom is -0.489 e. The molecule has 0 bridgehead atoms. The number of nitrogens with two attached hydrogens (primary N) is 1. The van der Waals surface area contributed by atoms with Crippen LogP contribution in [0.3, 0.4) is 0 Å². The number of carbonyl (C=O) groups excluding carboxylic acids is 1. The van der Waals surface area contributed by atoms with E-state index in [9.17, 15) is 4.79 Å². The third-order valence-corrected chi connectivity index (χ3v) is 4.54. The Morgan fingerprint density at radius 2 is 2.00 bits per heavy atom. The molecule has 10 heteroatoms. The summed E-state index contributed by atoms with van der Waals surface area (Å²) in [6, 6.07) is 13.0. The van der Waals surface area contributed by atoms with Gasteiger partial charge in [0.25, 0.3) is 5.91 Å². The molecule has 4 N–H and O–H groups in total. The molecular formula is C19H19Cl2N5O3. The predicted octanol–water partition coefficient (Wildman–Crippen LogP) is 3.06. The molecule has 0 radical (unpaired) electrons. The number of carbonyl (C=O) groups is 1. The van der Waals surface area contributed by atoms with E-state index in [4.69, 9.17) is 33.7 Å². The van der Waals surface area contributed by atoms with Crippen LogP contribution in [-0.4, -0.2) is 29.3 Å². The molecule has 0 atom stereocenters. The molecule has 1 heterocycles. The van der Waals surface area contributed by atoms with Gasteiger partial charge in [0.15, 0.2) is 0 Å². The van der Waals surface area contributed by atoms with Gasteiger partial charge in [-0.3, -0.25) is 4.79 Å². The summed E-state index contributed by atoms with van der Waals surface area (Å²) in [6.07, 6.45) is 0. The van der Waals surface area contributed by atoms with E-state index in [0.29, 0.717) is 36.3 Å². The quantitative estimate of drug-likeness (QED) is 0.442. The fraction of sp³-hybridized carbons (Fsp3) is 0.211. The molecule has 1 aromatic heterocycles. The largest absolute Gasteiger partial charge is 0.489 e. The van der Waals surface area contributed by atoms with Gasteiger partial charge >= 0.3 is 0 Å². The SMILES string of the molecule is Nc1nonc1C(=O)NCCNCc1cccc(OCc2ccc(Cl)cc2Cl)c1. The van der Waals surface area contributed by atoms with E-state index < -0.39 is 5.91 Å². The number of ether oxygens (including phenoxy) is 1. The molecule has 3 rings (SSSR count). The van der Waals surface area contributed by atoms with Gasteiger partial charge in [-0.25, -0.2) is 4.63 Å². The molecule has 1 amide bonds. The summed E-state index contributed by atoms with van der Waals surface area (Å²) in [7, 11) is 0. The van der Waals surface area contributed by atoms with Crippen LogP contribution in [-0.2, 0) is 13.2 Å². The number of hydrogen-bond donors (Lipinski definition) is 3. The Morgan fingerprint density at radius 3 is 2.76 bits per heavy atom. The van der Waals surface area contributed by atoms with Crippen LogP contribution in [0.2, 0.25) is 10.0 Å². The van der Waals surface area contributed by atoms with Crippen molar-refractivity contribution < 1.29 is 14.2 Å². The molecule has 0 saturated carbocycles. The second-order valence-electron chi connectivity index (χ2n) is 6.10. The second kappa shape index (κ2) is 10.1. The van der Waals surface area contributed by atoms with Crippen molar-refractivity contribution in [3.8, 4) is 5.75 Å². The van der Waals surface area contributed by atoms with Gasteiger partial charge in [-0.1, -0.05) is 41.4 Å². The molecule has 0 fully saturated rings. The number of anilines is 1. The molecule has 29 heavy (non-hydrogen) atoms. The second-order valence-corrected chi connectivity index (χ2v) is 6.95. The Kier molecular flexibility index (Phi) is 7.29. The Morgan fingerprint density at radius 1 is 1.14 bits per heavy atom. The molecule has 0 aliphatic rings. The van der Waals surface area contributed by atoms with Gasteiger partial charge in [-0.05, 0) is 40.1 Å². The van der Waals surface area contributed by atoms with E-state index in [0.717, 1.165) is 16.9 Å². The molecule has 152 valence electrons. The van der Waals surface area contributed by atoms with E-state index in [-0.39, 0.29) is 11.5 Å². The highest BCUT2D eigenvalue weighted by Gasteiger charge is 2.14. The van der Waals surface area contributed by atoms with Crippen molar-refractivity contribution in [1.82, 2.24) is 20.9 Å². The van der Waals surface area contributed by atoms with Crippen molar-refractivity contribution in [3.63, 3.8) is 0 Å². The van der Waals surface area contributed by atoms with Crippen molar-refractivity contribution in [2.45, 2.75) is 13.2 Å². The zero-order chi connectivity index (χ0) is 20.6.